The monoisotopic (exact) mass is 182 g/mol. The first-order valence-electron chi connectivity index (χ1n) is 4.58. The van der Waals surface area contributed by atoms with Crippen molar-refractivity contribution in [2.75, 3.05) is 39.8 Å². The number of hydrogen-bond acceptors (Lipinski definition) is 4. The third-order valence-corrected chi connectivity index (χ3v) is 2.40. The van der Waals surface area contributed by atoms with Crippen LogP contribution in [0.2, 0.25) is 0 Å². The van der Waals surface area contributed by atoms with Crippen molar-refractivity contribution >= 4 is 6.21 Å². The van der Waals surface area contributed by atoms with Gasteiger partial charge in [0.25, 0.3) is 0 Å². The number of hydrogen-bond donors (Lipinski definition) is 2. The van der Waals surface area contributed by atoms with E-state index in [0.29, 0.717) is 0 Å². The molecule has 0 aliphatic carbocycles. The van der Waals surface area contributed by atoms with Crippen LogP contribution in [0.5, 0.6) is 0 Å². The van der Waals surface area contributed by atoms with E-state index in [1.165, 1.54) is 12.4 Å². The molecule has 74 valence electrons. The van der Waals surface area contributed by atoms with E-state index in [9.17, 15) is 0 Å². The van der Waals surface area contributed by atoms with E-state index < -0.39 is 0 Å². The van der Waals surface area contributed by atoms with Crippen LogP contribution in [-0.2, 0) is 0 Å². The van der Waals surface area contributed by atoms with Gasteiger partial charge >= 0.3 is 0 Å². The number of piperazine rings is 1. The van der Waals surface area contributed by atoms with Crippen LogP contribution in [0.15, 0.2) is 11.8 Å². The van der Waals surface area contributed by atoms with Crippen molar-refractivity contribution in [1.29, 1.82) is 5.41 Å². The van der Waals surface area contributed by atoms with Gasteiger partial charge in [-0.2, -0.15) is 0 Å². The minimum Gasteiger partial charge on any atom is -0.404 e. The summed E-state index contributed by atoms with van der Waals surface area (Å²) in [5.74, 6) is 0. The first-order chi connectivity index (χ1) is 6.26. The molecule has 0 aromatic carbocycles. The molecule has 0 radical (unpaired) electrons. The molecule has 0 unspecified atom stereocenters. The summed E-state index contributed by atoms with van der Waals surface area (Å²) in [5, 5.41) is 7.11. The lowest BCUT2D eigenvalue weighted by atomic mass is 10.2. The van der Waals surface area contributed by atoms with E-state index >= 15 is 0 Å². The predicted octanol–water partition coefficient (Wildman–Crippen LogP) is -0.274. The summed E-state index contributed by atoms with van der Waals surface area (Å²) in [7, 11) is 2.13. The minimum atomic E-state index is 0.813. The van der Waals surface area contributed by atoms with E-state index in [1.807, 2.05) is 0 Å². The number of nitrogens with one attached hydrogen (secondary N) is 1. The molecule has 1 heterocycles. The maximum atomic E-state index is 7.11. The molecule has 0 amide bonds. The molecule has 0 saturated carbocycles. The molecule has 4 nitrogen and oxygen atoms in total. The highest BCUT2D eigenvalue weighted by molar-refractivity contribution is 5.75. The second-order valence-electron chi connectivity index (χ2n) is 3.47. The molecule has 0 spiro atoms. The molecular formula is C9H18N4. The Balaban J connectivity index is 2.33. The molecule has 0 atom stereocenters. The molecule has 3 N–H and O–H groups in total. The van der Waals surface area contributed by atoms with Crippen LogP contribution in [0.25, 0.3) is 0 Å². The molecule has 4 heteroatoms. The van der Waals surface area contributed by atoms with Gasteiger partial charge in [-0.25, -0.2) is 0 Å². The lowest BCUT2D eigenvalue weighted by Crippen LogP contribution is -2.45. The Morgan fingerprint density at radius 1 is 1.38 bits per heavy atom. The smallest absolute Gasteiger partial charge is 0.0264 e. The zero-order valence-corrected chi connectivity index (χ0v) is 8.16. The Morgan fingerprint density at radius 3 is 2.46 bits per heavy atom. The number of likely N-dealkylation sites (N-methyl/N-ethyl adjacent to an activating group) is 1. The fourth-order valence-electron chi connectivity index (χ4n) is 1.41. The van der Waals surface area contributed by atoms with Gasteiger partial charge in [0.15, 0.2) is 0 Å². The van der Waals surface area contributed by atoms with Gasteiger partial charge in [0.2, 0.25) is 0 Å². The number of nitrogens with two attached hydrogens (primary N) is 1. The van der Waals surface area contributed by atoms with E-state index in [-0.39, 0.29) is 0 Å². The zero-order chi connectivity index (χ0) is 9.68. The van der Waals surface area contributed by atoms with Gasteiger partial charge in [0, 0.05) is 38.9 Å². The summed E-state index contributed by atoms with van der Waals surface area (Å²) in [4.78, 5) is 4.64. The predicted molar refractivity (Wildman–Crippen MR) is 55.0 cm³/mol. The van der Waals surface area contributed by atoms with Gasteiger partial charge in [-0.15, -0.1) is 0 Å². The van der Waals surface area contributed by atoms with Crippen molar-refractivity contribution in [3.8, 4) is 0 Å². The average Bonchev–Trinajstić information content (AvgIpc) is 2.17. The standard InChI is InChI=1S/C9H18N4/c1-12-2-4-13(5-3-12)8-9(6-10)7-11/h6-7,10H,2-5,8,11H2,1H3/b9-7+,10-6?. The third kappa shape index (κ3) is 3.16. The Morgan fingerprint density at radius 2 is 2.00 bits per heavy atom. The molecule has 1 aliphatic heterocycles. The summed E-state index contributed by atoms with van der Waals surface area (Å²) < 4.78 is 0. The summed E-state index contributed by atoms with van der Waals surface area (Å²) >= 11 is 0. The van der Waals surface area contributed by atoms with Crippen molar-refractivity contribution < 1.29 is 0 Å². The largest absolute Gasteiger partial charge is 0.404 e. The molecule has 0 bridgehead atoms. The summed E-state index contributed by atoms with van der Waals surface area (Å²) in [5.41, 5.74) is 6.27. The highest BCUT2D eigenvalue weighted by Crippen LogP contribution is 2.01. The van der Waals surface area contributed by atoms with Crippen molar-refractivity contribution in [1.82, 2.24) is 9.80 Å². The molecule has 0 aromatic heterocycles. The molecule has 1 rings (SSSR count). The van der Waals surface area contributed by atoms with Crippen LogP contribution in [0.1, 0.15) is 0 Å². The Bertz CT molecular complexity index is 192. The van der Waals surface area contributed by atoms with Gasteiger partial charge in [-0.1, -0.05) is 0 Å². The molecular weight excluding hydrogens is 164 g/mol. The molecule has 1 aliphatic rings. The van der Waals surface area contributed by atoms with Gasteiger partial charge < -0.3 is 16.0 Å². The van der Waals surface area contributed by atoms with Crippen molar-refractivity contribution in [3.05, 3.63) is 11.8 Å². The Hall–Kier alpha value is -0.870. The van der Waals surface area contributed by atoms with Gasteiger partial charge in [-0.05, 0) is 18.8 Å². The normalized spacial score (nSPS) is 21.8. The Labute approximate surface area is 79.5 Å². The fourth-order valence-corrected chi connectivity index (χ4v) is 1.41. The van der Waals surface area contributed by atoms with Crippen LogP contribution >= 0.6 is 0 Å². The Kier molecular flexibility index (Phi) is 3.92. The van der Waals surface area contributed by atoms with E-state index in [2.05, 4.69) is 16.8 Å². The first kappa shape index (κ1) is 10.2. The second kappa shape index (κ2) is 4.99. The van der Waals surface area contributed by atoms with Crippen molar-refractivity contribution in [2.45, 2.75) is 0 Å². The molecule has 1 saturated heterocycles. The molecule has 13 heavy (non-hydrogen) atoms. The summed E-state index contributed by atoms with van der Waals surface area (Å²) in [6.07, 6.45) is 2.85. The lowest BCUT2D eigenvalue weighted by molar-refractivity contribution is 0.165. The van der Waals surface area contributed by atoms with E-state index in [4.69, 9.17) is 11.1 Å². The highest BCUT2D eigenvalue weighted by Gasteiger charge is 2.13. The molecule has 1 fully saturated rings. The van der Waals surface area contributed by atoms with E-state index in [1.54, 1.807) is 0 Å². The van der Waals surface area contributed by atoms with E-state index in [0.717, 1.165) is 38.3 Å². The third-order valence-electron chi connectivity index (χ3n) is 2.40. The quantitative estimate of drug-likeness (QED) is 0.591. The fraction of sp³-hybridized carbons (Fsp3) is 0.667. The lowest BCUT2D eigenvalue weighted by Gasteiger charge is -2.32. The summed E-state index contributed by atoms with van der Waals surface area (Å²) in [6, 6.07) is 0. The number of nitrogens with zero attached hydrogens (tertiary/aromatic N) is 2. The van der Waals surface area contributed by atoms with Crippen molar-refractivity contribution in [2.24, 2.45) is 5.73 Å². The van der Waals surface area contributed by atoms with Gasteiger partial charge in [0.1, 0.15) is 0 Å². The van der Waals surface area contributed by atoms with Crippen LogP contribution < -0.4 is 5.73 Å². The first-order valence-corrected chi connectivity index (χ1v) is 4.58. The molecule has 0 aromatic rings. The average molecular weight is 182 g/mol. The van der Waals surface area contributed by atoms with Gasteiger partial charge in [-0.3, -0.25) is 4.90 Å². The minimum absolute atomic E-state index is 0.813. The van der Waals surface area contributed by atoms with Crippen molar-refractivity contribution in [3.63, 3.8) is 0 Å². The maximum absolute atomic E-state index is 7.11. The second-order valence-corrected chi connectivity index (χ2v) is 3.47. The van der Waals surface area contributed by atoms with Crippen LogP contribution in [0.4, 0.5) is 0 Å². The topological polar surface area (TPSA) is 56.4 Å². The number of rotatable bonds is 3. The maximum Gasteiger partial charge on any atom is 0.0264 e. The summed E-state index contributed by atoms with van der Waals surface area (Å²) in [6.45, 7) is 5.17. The SMILES string of the molecule is CN1CCN(C/C(C=N)=C/N)CC1. The van der Waals surface area contributed by atoms with Crippen LogP contribution in [0.3, 0.4) is 0 Å². The highest BCUT2D eigenvalue weighted by atomic mass is 15.2. The van der Waals surface area contributed by atoms with Gasteiger partial charge in [0.05, 0.1) is 0 Å². The van der Waals surface area contributed by atoms with Crippen LogP contribution in [0, 0.1) is 5.41 Å². The zero-order valence-electron chi connectivity index (χ0n) is 8.16. The van der Waals surface area contributed by atoms with Crippen LogP contribution in [-0.4, -0.2) is 55.8 Å².